The molecule has 4 atom stereocenters. The average Bonchev–Trinajstić information content (AvgIpc) is 3.67. The van der Waals surface area contributed by atoms with Gasteiger partial charge in [-0.1, -0.05) is 35.9 Å². The standard InChI is InChI=1S/C25H25ClN6O2.CH5N/c26-19-12-28-24-22(21(19)29-20-17-6-5-16(11-17)18(20)13-33)30-23(31-24)14-1-3-15(4-2-14)25(34)32-9-7-27-8-10-32;1-2/h1-6,12-13,16-18,20,27H,7-11H2,(H2,28,29,30,31);2H2,1H3. The maximum atomic E-state index is 12.8. The number of carbonyl (C=O) groups excluding carboxylic acids is 2. The number of amides is 1. The Bertz CT molecular complexity index is 1280. The number of aromatic amines is 1. The smallest absolute Gasteiger partial charge is 0.253 e. The fourth-order valence-corrected chi connectivity index (χ4v) is 5.65. The van der Waals surface area contributed by atoms with E-state index in [0.717, 1.165) is 44.4 Å². The van der Waals surface area contributed by atoms with Crippen LogP contribution in [0, 0.1) is 17.8 Å². The van der Waals surface area contributed by atoms with Gasteiger partial charge in [0.05, 0.1) is 16.9 Å². The predicted octanol–water partition coefficient (Wildman–Crippen LogP) is 2.70. The number of hydrogen-bond donors (Lipinski definition) is 4. The Kier molecular flexibility index (Phi) is 7.04. The first-order valence-corrected chi connectivity index (χ1v) is 12.6. The minimum Gasteiger partial charge on any atom is -0.378 e. The van der Waals surface area contributed by atoms with Gasteiger partial charge in [0, 0.05) is 49.3 Å². The van der Waals surface area contributed by atoms with Crippen molar-refractivity contribution < 1.29 is 9.59 Å². The van der Waals surface area contributed by atoms with Crippen LogP contribution in [0.1, 0.15) is 16.8 Å². The monoisotopic (exact) mass is 507 g/mol. The highest BCUT2D eigenvalue weighted by molar-refractivity contribution is 6.34. The zero-order valence-electron chi connectivity index (χ0n) is 20.1. The lowest BCUT2D eigenvalue weighted by molar-refractivity contribution is -0.111. The van der Waals surface area contributed by atoms with Gasteiger partial charge in [0.1, 0.15) is 17.6 Å². The number of benzene rings is 1. The van der Waals surface area contributed by atoms with Crippen molar-refractivity contribution >= 4 is 40.6 Å². The summed E-state index contributed by atoms with van der Waals surface area (Å²) >= 11 is 6.53. The molecule has 2 aliphatic carbocycles. The molecule has 3 heterocycles. The summed E-state index contributed by atoms with van der Waals surface area (Å²) in [6.07, 6.45) is 7.97. The lowest BCUT2D eigenvalue weighted by Crippen LogP contribution is -2.46. The van der Waals surface area contributed by atoms with Gasteiger partial charge >= 0.3 is 0 Å². The number of piperazine rings is 1. The molecule has 1 saturated heterocycles. The SMILES string of the molecule is CN.O=CC1C2C=CC(C2)C1Nc1c(Cl)cnc2nc(-c3ccc(C(=O)N4CCNCC4)cc3)[nH]c12. The third-order valence-corrected chi connectivity index (χ3v) is 7.56. The zero-order chi connectivity index (χ0) is 25.2. The summed E-state index contributed by atoms with van der Waals surface area (Å²) in [5.41, 5.74) is 7.98. The van der Waals surface area contributed by atoms with E-state index >= 15 is 0 Å². The fraction of sp³-hybridized carbons (Fsp3) is 0.385. The van der Waals surface area contributed by atoms with Crippen LogP contribution >= 0.6 is 11.6 Å². The van der Waals surface area contributed by atoms with Crippen molar-refractivity contribution in [3.63, 3.8) is 0 Å². The summed E-state index contributed by atoms with van der Waals surface area (Å²) in [5.74, 6) is 1.21. The molecule has 0 spiro atoms. The number of allylic oxidation sites excluding steroid dienone is 1. The van der Waals surface area contributed by atoms with Gasteiger partial charge in [-0.2, -0.15) is 0 Å². The second-order valence-corrected chi connectivity index (χ2v) is 9.62. The lowest BCUT2D eigenvalue weighted by atomic mass is 9.90. The summed E-state index contributed by atoms with van der Waals surface area (Å²) < 4.78 is 0. The average molecular weight is 508 g/mol. The topological polar surface area (TPSA) is 129 Å². The molecular formula is C26H30ClN7O2. The number of pyridine rings is 1. The molecule has 2 bridgehead atoms. The Morgan fingerprint density at radius 1 is 1.17 bits per heavy atom. The summed E-state index contributed by atoms with van der Waals surface area (Å²) in [7, 11) is 1.50. The number of aromatic nitrogens is 3. The van der Waals surface area contributed by atoms with Gasteiger partial charge in [0.2, 0.25) is 0 Å². The largest absolute Gasteiger partial charge is 0.378 e. The number of rotatable bonds is 5. The van der Waals surface area contributed by atoms with Gasteiger partial charge < -0.3 is 31.0 Å². The maximum absolute atomic E-state index is 12.8. The molecule has 1 amide bonds. The molecule has 1 aliphatic heterocycles. The molecule has 3 aliphatic rings. The first kappa shape index (κ1) is 24.4. The number of nitrogens with zero attached hydrogens (tertiary/aromatic N) is 3. The Morgan fingerprint density at radius 3 is 2.61 bits per heavy atom. The molecule has 188 valence electrons. The van der Waals surface area contributed by atoms with E-state index in [9.17, 15) is 9.59 Å². The van der Waals surface area contributed by atoms with E-state index in [1.165, 1.54) is 7.05 Å². The Morgan fingerprint density at radius 2 is 1.89 bits per heavy atom. The molecule has 1 saturated carbocycles. The highest BCUT2D eigenvalue weighted by Crippen LogP contribution is 2.45. The molecule has 3 aromatic rings. The number of aldehydes is 1. The van der Waals surface area contributed by atoms with Crippen molar-refractivity contribution in [3.8, 4) is 11.4 Å². The second-order valence-electron chi connectivity index (χ2n) is 9.22. The van der Waals surface area contributed by atoms with Crippen molar-refractivity contribution in [1.82, 2.24) is 25.2 Å². The molecule has 6 rings (SSSR count). The van der Waals surface area contributed by atoms with E-state index in [1.807, 2.05) is 29.2 Å². The molecule has 4 unspecified atom stereocenters. The van der Waals surface area contributed by atoms with Crippen LogP contribution in [0.2, 0.25) is 5.02 Å². The van der Waals surface area contributed by atoms with Crippen LogP contribution in [0.25, 0.3) is 22.6 Å². The molecule has 9 nitrogen and oxygen atoms in total. The molecule has 2 fully saturated rings. The number of imidazole rings is 1. The Hall–Kier alpha value is -3.27. The van der Waals surface area contributed by atoms with E-state index in [1.54, 1.807) is 6.20 Å². The quantitative estimate of drug-likeness (QED) is 0.308. The number of nitrogens with one attached hydrogen (secondary N) is 3. The zero-order valence-corrected chi connectivity index (χ0v) is 20.8. The van der Waals surface area contributed by atoms with Crippen molar-refractivity contribution in [2.45, 2.75) is 12.5 Å². The number of carbonyl (C=O) groups is 2. The highest BCUT2D eigenvalue weighted by atomic mass is 35.5. The van der Waals surface area contributed by atoms with E-state index in [-0.39, 0.29) is 23.8 Å². The van der Waals surface area contributed by atoms with Gasteiger partial charge in [-0.25, -0.2) is 9.97 Å². The van der Waals surface area contributed by atoms with E-state index < -0.39 is 0 Å². The van der Waals surface area contributed by atoms with Gasteiger partial charge in [0.15, 0.2) is 5.65 Å². The van der Waals surface area contributed by atoms with Crippen molar-refractivity contribution in [2.24, 2.45) is 23.5 Å². The number of anilines is 1. The van der Waals surface area contributed by atoms with Gasteiger partial charge in [-0.15, -0.1) is 0 Å². The minimum atomic E-state index is -0.0718. The third kappa shape index (κ3) is 4.38. The van der Waals surface area contributed by atoms with Crippen molar-refractivity contribution in [3.05, 3.63) is 53.2 Å². The molecular weight excluding hydrogens is 478 g/mol. The summed E-state index contributed by atoms with van der Waals surface area (Å²) in [6.45, 7) is 3.08. The van der Waals surface area contributed by atoms with Gasteiger partial charge in [0.25, 0.3) is 5.91 Å². The molecule has 5 N–H and O–H groups in total. The molecule has 36 heavy (non-hydrogen) atoms. The van der Waals surface area contributed by atoms with Crippen LogP contribution in [0.15, 0.2) is 42.6 Å². The van der Waals surface area contributed by atoms with Gasteiger partial charge in [-0.3, -0.25) is 4.79 Å². The Balaban J connectivity index is 0.00000130. The summed E-state index contributed by atoms with van der Waals surface area (Å²) in [4.78, 5) is 38.8. The van der Waals surface area contributed by atoms with Crippen LogP contribution in [0.4, 0.5) is 5.69 Å². The second kappa shape index (κ2) is 10.4. The van der Waals surface area contributed by atoms with Crippen LogP contribution < -0.4 is 16.4 Å². The number of hydrogen-bond acceptors (Lipinski definition) is 7. The van der Waals surface area contributed by atoms with E-state index in [4.69, 9.17) is 11.6 Å². The third-order valence-electron chi connectivity index (χ3n) is 7.27. The molecule has 1 aromatic carbocycles. The van der Waals surface area contributed by atoms with E-state index in [0.29, 0.717) is 39.2 Å². The molecule has 10 heteroatoms. The van der Waals surface area contributed by atoms with Crippen LogP contribution in [-0.2, 0) is 4.79 Å². The summed E-state index contributed by atoms with van der Waals surface area (Å²) in [5, 5.41) is 7.27. The maximum Gasteiger partial charge on any atom is 0.253 e. The molecule has 2 aromatic heterocycles. The van der Waals surface area contributed by atoms with E-state index in [2.05, 4.69) is 43.5 Å². The lowest BCUT2D eigenvalue weighted by Gasteiger charge is -2.27. The first-order valence-electron chi connectivity index (χ1n) is 12.2. The minimum absolute atomic E-state index is 0.00219. The van der Waals surface area contributed by atoms with Crippen molar-refractivity contribution in [1.29, 1.82) is 0 Å². The summed E-state index contributed by atoms with van der Waals surface area (Å²) in [6, 6.07) is 7.46. The predicted molar refractivity (Wildman–Crippen MR) is 141 cm³/mol. The van der Waals surface area contributed by atoms with Gasteiger partial charge in [-0.05, 0) is 37.4 Å². The number of nitrogens with two attached hydrogens (primary N) is 1. The number of halogens is 1. The van der Waals surface area contributed by atoms with Crippen LogP contribution in [0.3, 0.4) is 0 Å². The Labute approximate surface area is 214 Å². The number of fused-ring (bicyclic) bond motifs is 3. The van der Waals surface area contributed by atoms with Crippen LogP contribution in [0.5, 0.6) is 0 Å². The normalized spacial score (nSPS) is 24.5. The van der Waals surface area contributed by atoms with Crippen molar-refractivity contribution in [2.75, 3.05) is 38.5 Å². The number of H-pyrrole nitrogens is 1. The molecule has 0 radical (unpaired) electrons. The highest BCUT2D eigenvalue weighted by Gasteiger charge is 2.44. The van der Waals surface area contributed by atoms with Crippen LogP contribution in [-0.4, -0.2) is 71.3 Å². The fourth-order valence-electron chi connectivity index (χ4n) is 5.45. The first-order chi connectivity index (χ1) is 17.6.